The van der Waals surface area contributed by atoms with Crippen LogP contribution in [0.15, 0.2) is 11.1 Å². The zero-order valence-corrected chi connectivity index (χ0v) is 11.3. The van der Waals surface area contributed by atoms with Crippen LogP contribution in [-0.2, 0) is 21.0 Å². The average Bonchev–Trinajstić information content (AvgIpc) is 2.79. The largest absolute Gasteiger partial charge is 0.436 e. The van der Waals surface area contributed by atoms with E-state index in [4.69, 9.17) is 20.3 Å². The number of aromatic amines is 1. The molecule has 0 aliphatic carbocycles. The van der Waals surface area contributed by atoms with E-state index in [1.54, 1.807) is 0 Å². The number of aliphatic hydroxyl groups excluding tert-OH is 1. The van der Waals surface area contributed by atoms with Crippen LogP contribution in [0.3, 0.4) is 0 Å². The van der Waals surface area contributed by atoms with E-state index in [1.807, 2.05) is 0 Å². The van der Waals surface area contributed by atoms with Crippen molar-refractivity contribution >= 4 is 23.1 Å². The first-order valence-corrected chi connectivity index (χ1v) is 6.11. The summed E-state index contributed by atoms with van der Waals surface area (Å²) in [5.41, 5.74) is 5.39. The summed E-state index contributed by atoms with van der Waals surface area (Å²) < 4.78 is 11.7. The van der Waals surface area contributed by atoms with Crippen LogP contribution in [0.25, 0.3) is 11.2 Å². The number of ether oxygens (including phenoxy) is 2. The molecule has 0 saturated carbocycles. The number of imidazole rings is 1. The standard InChI is InChI=1S/C11H15N5O5/c1-6(18)21-7(2-3-17)20-5-16-4-13-8-9(16)14-11(12)15-10(8)19/h4,7,17H,2-3,5H2,1H3,(H3,12,14,15,19)/t7-/m0/s1. The highest BCUT2D eigenvalue weighted by atomic mass is 16.7. The van der Waals surface area contributed by atoms with Crippen molar-refractivity contribution in [1.82, 2.24) is 19.5 Å². The van der Waals surface area contributed by atoms with Crippen molar-refractivity contribution in [2.45, 2.75) is 26.4 Å². The summed E-state index contributed by atoms with van der Waals surface area (Å²) in [5, 5.41) is 8.89. The van der Waals surface area contributed by atoms with Gasteiger partial charge in [-0.05, 0) is 0 Å². The van der Waals surface area contributed by atoms with Crippen molar-refractivity contribution in [1.29, 1.82) is 0 Å². The van der Waals surface area contributed by atoms with Gasteiger partial charge >= 0.3 is 5.97 Å². The SMILES string of the molecule is CC(=O)O[C@@H](CCO)OCn1cnc2c(=O)[nH]c(N)nc21. The van der Waals surface area contributed by atoms with E-state index >= 15 is 0 Å². The van der Waals surface area contributed by atoms with Gasteiger partial charge in [0.1, 0.15) is 6.73 Å². The fraction of sp³-hybridized carbons (Fsp3) is 0.455. The minimum absolute atomic E-state index is 0.0406. The van der Waals surface area contributed by atoms with Crippen LogP contribution >= 0.6 is 0 Å². The second kappa shape index (κ2) is 6.33. The number of aromatic nitrogens is 4. The molecule has 2 rings (SSSR count). The maximum absolute atomic E-state index is 11.6. The van der Waals surface area contributed by atoms with Gasteiger partial charge in [-0.1, -0.05) is 0 Å². The van der Waals surface area contributed by atoms with E-state index in [9.17, 15) is 9.59 Å². The van der Waals surface area contributed by atoms with E-state index in [1.165, 1.54) is 17.8 Å². The van der Waals surface area contributed by atoms with Gasteiger partial charge in [0.25, 0.3) is 5.56 Å². The fourth-order valence-corrected chi connectivity index (χ4v) is 1.70. The number of nitrogens with two attached hydrogens (primary N) is 1. The second-order valence-corrected chi connectivity index (χ2v) is 4.18. The molecule has 114 valence electrons. The summed E-state index contributed by atoms with van der Waals surface area (Å²) in [6.07, 6.45) is 0.586. The van der Waals surface area contributed by atoms with Crippen molar-refractivity contribution in [3.8, 4) is 0 Å². The molecule has 2 aromatic heterocycles. The van der Waals surface area contributed by atoms with Crippen molar-refractivity contribution in [3.63, 3.8) is 0 Å². The Morgan fingerprint density at radius 2 is 2.38 bits per heavy atom. The van der Waals surface area contributed by atoms with E-state index in [-0.39, 0.29) is 36.9 Å². The highest BCUT2D eigenvalue weighted by Crippen LogP contribution is 2.09. The highest BCUT2D eigenvalue weighted by molar-refractivity contribution is 5.70. The number of fused-ring (bicyclic) bond motifs is 1. The van der Waals surface area contributed by atoms with E-state index in [2.05, 4.69) is 15.0 Å². The number of carbonyl (C=O) groups excluding carboxylic acids is 1. The Morgan fingerprint density at radius 3 is 3.05 bits per heavy atom. The number of hydrogen-bond donors (Lipinski definition) is 3. The molecule has 0 spiro atoms. The third-order valence-electron chi connectivity index (χ3n) is 2.55. The Kier molecular flexibility index (Phi) is 4.50. The molecule has 0 amide bonds. The number of H-pyrrole nitrogens is 1. The smallest absolute Gasteiger partial charge is 0.304 e. The molecule has 0 aromatic carbocycles. The molecular weight excluding hydrogens is 282 g/mol. The Hall–Kier alpha value is -2.46. The van der Waals surface area contributed by atoms with Crippen molar-refractivity contribution in [2.24, 2.45) is 0 Å². The van der Waals surface area contributed by atoms with Gasteiger partial charge in [0.15, 0.2) is 11.2 Å². The predicted octanol–water partition coefficient (Wildman–Crippen LogP) is -1.05. The van der Waals surface area contributed by atoms with Gasteiger partial charge in [-0.2, -0.15) is 4.98 Å². The van der Waals surface area contributed by atoms with Crippen LogP contribution in [0, 0.1) is 0 Å². The zero-order chi connectivity index (χ0) is 15.4. The summed E-state index contributed by atoms with van der Waals surface area (Å²) in [5.74, 6) is -0.566. The number of anilines is 1. The van der Waals surface area contributed by atoms with Crippen LogP contribution in [0.1, 0.15) is 13.3 Å². The van der Waals surface area contributed by atoms with Crippen molar-refractivity contribution in [3.05, 3.63) is 16.7 Å². The summed E-state index contributed by atoms with van der Waals surface area (Å²) in [6.45, 7) is 0.972. The molecule has 0 bridgehead atoms. The predicted molar refractivity (Wildman–Crippen MR) is 70.9 cm³/mol. The summed E-state index contributed by atoms with van der Waals surface area (Å²) >= 11 is 0. The number of rotatable bonds is 6. The molecule has 0 fully saturated rings. The molecule has 1 atom stereocenters. The normalized spacial score (nSPS) is 12.5. The van der Waals surface area contributed by atoms with Crippen molar-refractivity contribution < 1.29 is 19.4 Å². The van der Waals surface area contributed by atoms with E-state index in [0.717, 1.165) is 0 Å². The van der Waals surface area contributed by atoms with Crippen LogP contribution in [0.5, 0.6) is 0 Å². The summed E-state index contributed by atoms with van der Waals surface area (Å²) in [7, 11) is 0. The minimum Gasteiger partial charge on any atom is -0.436 e. The number of nitrogens with one attached hydrogen (secondary N) is 1. The Bertz CT molecular complexity index is 694. The van der Waals surface area contributed by atoms with Crippen LogP contribution in [0.4, 0.5) is 5.95 Å². The molecule has 10 heteroatoms. The lowest BCUT2D eigenvalue weighted by Gasteiger charge is -2.16. The molecular formula is C11H15N5O5. The molecule has 21 heavy (non-hydrogen) atoms. The topological polar surface area (TPSA) is 145 Å². The minimum atomic E-state index is -0.899. The van der Waals surface area contributed by atoms with Gasteiger partial charge in [-0.15, -0.1) is 0 Å². The summed E-state index contributed by atoms with van der Waals surface area (Å²) in [6, 6.07) is 0. The third kappa shape index (κ3) is 3.55. The number of nitrogen functional groups attached to an aromatic ring is 1. The highest BCUT2D eigenvalue weighted by Gasteiger charge is 2.14. The Labute approximate surface area is 118 Å². The first kappa shape index (κ1) is 14.9. The Morgan fingerprint density at radius 1 is 1.62 bits per heavy atom. The molecule has 2 heterocycles. The molecule has 0 unspecified atom stereocenters. The molecule has 2 aromatic rings. The zero-order valence-electron chi connectivity index (χ0n) is 11.3. The van der Waals surface area contributed by atoms with Gasteiger partial charge in [0.2, 0.25) is 12.2 Å². The van der Waals surface area contributed by atoms with Crippen molar-refractivity contribution in [2.75, 3.05) is 12.3 Å². The lowest BCUT2D eigenvalue weighted by molar-refractivity contribution is -0.187. The van der Waals surface area contributed by atoms with Crippen LogP contribution < -0.4 is 11.3 Å². The van der Waals surface area contributed by atoms with Gasteiger partial charge in [0.05, 0.1) is 6.33 Å². The number of carbonyl (C=O) groups is 1. The van der Waals surface area contributed by atoms with Gasteiger partial charge in [0, 0.05) is 20.0 Å². The first-order valence-electron chi connectivity index (χ1n) is 6.11. The monoisotopic (exact) mass is 297 g/mol. The van der Waals surface area contributed by atoms with Crippen LogP contribution in [0.2, 0.25) is 0 Å². The molecule has 4 N–H and O–H groups in total. The lowest BCUT2D eigenvalue weighted by Crippen LogP contribution is -2.23. The number of hydrogen-bond acceptors (Lipinski definition) is 8. The van der Waals surface area contributed by atoms with Gasteiger partial charge < -0.3 is 20.3 Å². The number of nitrogens with zero attached hydrogens (tertiary/aromatic N) is 3. The lowest BCUT2D eigenvalue weighted by atomic mass is 10.4. The molecule has 0 saturated heterocycles. The third-order valence-corrected chi connectivity index (χ3v) is 2.55. The maximum atomic E-state index is 11.6. The fourth-order valence-electron chi connectivity index (χ4n) is 1.70. The summed E-state index contributed by atoms with van der Waals surface area (Å²) in [4.78, 5) is 32.7. The molecule has 0 aliphatic rings. The Balaban J connectivity index is 2.16. The molecule has 0 aliphatic heterocycles. The van der Waals surface area contributed by atoms with E-state index < -0.39 is 17.8 Å². The van der Waals surface area contributed by atoms with Gasteiger partial charge in [-0.25, -0.2) is 4.98 Å². The van der Waals surface area contributed by atoms with E-state index in [0.29, 0.717) is 0 Å². The number of aliphatic hydroxyl groups is 1. The molecule has 0 radical (unpaired) electrons. The second-order valence-electron chi connectivity index (χ2n) is 4.18. The molecule has 10 nitrogen and oxygen atoms in total. The van der Waals surface area contributed by atoms with Crippen LogP contribution in [-0.4, -0.2) is 43.5 Å². The van der Waals surface area contributed by atoms with Gasteiger partial charge in [-0.3, -0.25) is 19.1 Å². The average molecular weight is 297 g/mol. The maximum Gasteiger partial charge on any atom is 0.304 e. The first-order chi connectivity index (χ1) is 10.0. The quantitative estimate of drug-likeness (QED) is 0.452. The number of esters is 1.